The van der Waals surface area contributed by atoms with Gasteiger partial charge in [-0.05, 0) is 18.9 Å². The number of aromatic nitrogens is 1. The Labute approximate surface area is 102 Å². The third-order valence-electron chi connectivity index (χ3n) is 3.15. The highest BCUT2D eigenvalue weighted by atomic mass is 32.2. The number of aliphatic hydroxyl groups excluding tert-OH is 1. The largest absolute Gasteiger partial charge is 0.391 e. The van der Waals surface area contributed by atoms with Gasteiger partial charge in [0.25, 0.3) is 0 Å². The van der Waals surface area contributed by atoms with Crippen LogP contribution in [-0.2, 0) is 17.1 Å². The molecule has 17 heavy (non-hydrogen) atoms. The first-order chi connectivity index (χ1) is 7.99. The van der Waals surface area contributed by atoms with Crippen molar-refractivity contribution >= 4 is 10.0 Å². The van der Waals surface area contributed by atoms with Crippen molar-refractivity contribution in [2.45, 2.75) is 42.7 Å². The lowest BCUT2D eigenvalue weighted by atomic mass is 9.93. The smallest absolute Gasteiger partial charge is 0.242 e. The van der Waals surface area contributed by atoms with Crippen LogP contribution in [0.4, 0.5) is 0 Å². The molecule has 0 aromatic carbocycles. The van der Waals surface area contributed by atoms with Crippen molar-refractivity contribution in [1.82, 2.24) is 9.29 Å². The van der Waals surface area contributed by atoms with Crippen molar-refractivity contribution in [1.29, 1.82) is 0 Å². The van der Waals surface area contributed by atoms with Gasteiger partial charge < -0.3 is 9.67 Å². The van der Waals surface area contributed by atoms with E-state index in [1.807, 2.05) is 0 Å². The van der Waals surface area contributed by atoms with Crippen LogP contribution in [0.1, 0.15) is 25.7 Å². The van der Waals surface area contributed by atoms with E-state index in [-0.39, 0.29) is 10.9 Å². The zero-order chi connectivity index (χ0) is 12.5. The summed E-state index contributed by atoms with van der Waals surface area (Å²) in [4.78, 5) is 0.248. The fraction of sp³-hybridized carbons (Fsp3) is 0.636. The molecule has 2 rings (SSSR count). The van der Waals surface area contributed by atoms with Gasteiger partial charge in [-0.3, -0.25) is 0 Å². The van der Waals surface area contributed by atoms with E-state index in [1.54, 1.807) is 30.1 Å². The van der Waals surface area contributed by atoms with Gasteiger partial charge in [0.05, 0.1) is 11.0 Å². The molecule has 0 amide bonds. The van der Waals surface area contributed by atoms with Crippen LogP contribution in [0.3, 0.4) is 0 Å². The van der Waals surface area contributed by atoms with Crippen LogP contribution in [0.25, 0.3) is 0 Å². The van der Waals surface area contributed by atoms with E-state index < -0.39 is 16.1 Å². The molecule has 1 aromatic heterocycles. The molecule has 0 bridgehead atoms. The summed E-state index contributed by atoms with van der Waals surface area (Å²) in [5.41, 5.74) is 0. The first kappa shape index (κ1) is 12.6. The average molecular weight is 258 g/mol. The first-order valence-corrected chi connectivity index (χ1v) is 7.30. The van der Waals surface area contributed by atoms with Gasteiger partial charge in [-0.2, -0.15) is 0 Å². The molecule has 0 aliphatic heterocycles. The molecule has 1 aliphatic rings. The summed E-state index contributed by atoms with van der Waals surface area (Å²) in [6.45, 7) is 0. The van der Waals surface area contributed by atoms with Crippen LogP contribution in [-0.4, -0.2) is 30.2 Å². The third kappa shape index (κ3) is 2.88. The zero-order valence-corrected chi connectivity index (χ0v) is 10.7. The van der Waals surface area contributed by atoms with Crippen LogP contribution in [0.2, 0.25) is 0 Å². The minimum Gasteiger partial charge on any atom is -0.391 e. The number of nitrogens with zero attached hydrogens (tertiary/aromatic N) is 1. The maximum atomic E-state index is 12.0. The Balaban J connectivity index is 2.11. The van der Waals surface area contributed by atoms with Crippen molar-refractivity contribution in [3.63, 3.8) is 0 Å². The third-order valence-corrected chi connectivity index (χ3v) is 4.63. The minimum atomic E-state index is -3.50. The molecule has 2 unspecified atom stereocenters. The highest BCUT2D eigenvalue weighted by Gasteiger charge is 2.28. The highest BCUT2D eigenvalue weighted by Crippen LogP contribution is 2.20. The van der Waals surface area contributed by atoms with Crippen molar-refractivity contribution in [3.05, 3.63) is 18.5 Å². The number of rotatable bonds is 3. The Morgan fingerprint density at radius 2 is 2.12 bits per heavy atom. The number of nitrogens with one attached hydrogen (secondary N) is 1. The van der Waals surface area contributed by atoms with E-state index in [0.29, 0.717) is 12.8 Å². The topological polar surface area (TPSA) is 71.3 Å². The Bertz CT molecular complexity index is 481. The van der Waals surface area contributed by atoms with Gasteiger partial charge in [-0.25, -0.2) is 13.1 Å². The minimum absolute atomic E-state index is 0.248. The lowest BCUT2D eigenvalue weighted by Crippen LogP contribution is -2.44. The van der Waals surface area contributed by atoms with Gasteiger partial charge in [-0.1, -0.05) is 12.8 Å². The van der Waals surface area contributed by atoms with Crippen LogP contribution in [0.5, 0.6) is 0 Å². The molecule has 2 atom stereocenters. The molecule has 5 nitrogen and oxygen atoms in total. The molecule has 1 aliphatic carbocycles. The Hall–Kier alpha value is -0.850. The van der Waals surface area contributed by atoms with E-state index >= 15 is 0 Å². The van der Waals surface area contributed by atoms with Crippen molar-refractivity contribution in [2.24, 2.45) is 7.05 Å². The van der Waals surface area contributed by atoms with Crippen LogP contribution in [0.15, 0.2) is 23.4 Å². The number of hydrogen-bond acceptors (Lipinski definition) is 3. The van der Waals surface area contributed by atoms with Crippen molar-refractivity contribution in [3.8, 4) is 0 Å². The Morgan fingerprint density at radius 1 is 1.41 bits per heavy atom. The lowest BCUT2D eigenvalue weighted by Gasteiger charge is -2.27. The molecule has 0 radical (unpaired) electrons. The molecule has 1 saturated carbocycles. The highest BCUT2D eigenvalue weighted by molar-refractivity contribution is 7.89. The van der Waals surface area contributed by atoms with Crippen LogP contribution < -0.4 is 4.72 Å². The van der Waals surface area contributed by atoms with Gasteiger partial charge in [0.1, 0.15) is 0 Å². The maximum Gasteiger partial charge on any atom is 0.242 e. The van der Waals surface area contributed by atoms with Crippen LogP contribution in [0, 0.1) is 0 Å². The summed E-state index contributed by atoms with van der Waals surface area (Å²) in [7, 11) is -1.73. The molecular weight excluding hydrogens is 240 g/mol. The first-order valence-electron chi connectivity index (χ1n) is 5.81. The van der Waals surface area contributed by atoms with Gasteiger partial charge in [0.2, 0.25) is 10.0 Å². The van der Waals surface area contributed by atoms with Gasteiger partial charge in [0.15, 0.2) is 0 Å². The Kier molecular flexibility index (Phi) is 3.56. The average Bonchev–Trinajstić information content (AvgIpc) is 2.69. The van der Waals surface area contributed by atoms with E-state index in [4.69, 9.17) is 0 Å². The second kappa shape index (κ2) is 4.80. The summed E-state index contributed by atoms with van der Waals surface area (Å²) in [5, 5.41) is 9.75. The number of aliphatic hydroxyl groups is 1. The van der Waals surface area contributed by atoms with E-state index in [2.05, 4.69) is 4.72 Å². The van der Waals surface area contributed by atoms with E-state index in [0.717, 1.165) is 12.8 Å². The molecule has 1 heterocycles. The lowest BCUT2D eigenvalue weighted by molar-refractivity contribution is 0.101. The molecule has 0 spiro atoms. The van der Waals surface area contributed by atoms with Gasteiger partial charge >= 0.3 is 0 Å². The fourth-order valence-electron chi connectivity index (χ4n) is 2.15. The predicted octanol–water partition coefficient (Wildman–Crippen LogP) is 0.607. The molecule has 6 heteroatoms. The summed E-state index contributed by atoms with van der Waals surface area (Å²) < 4.78 is 28.3. The SMILES string of the molecule is Cn1ccc(S(=O)(=O)NC2CCCCC2O)c1. The Morgan fingerprint density at radius 3 is 2.71 bits per heavy atom. The standard InChI is InChI=1S/C11H18N2O3S/c1-13-7-6-9(8-13)17(15,16)12-10-4-2-3-5-11(10)14/h6-8,10-12,14H,2-5H2,1H3. The number of aryl methyl sites for hydroxylation is 1. The zero-order valence-electron chi connectivity index (χ0n) is 9.83. The predicted molar refractivity (Wildman–Crippen MR) is 64.0 cm³/mol. The molecule has 96 valence electrons. The summed E-state index contributed by atoms with van der Waals surface area (Å²) in [6, 6.07) is 1.20. The van der Waals surface area contributed by atoms with E-state index in [9.17, 15) is 13.5 Å². The molecule has 0 saturated heterocycles. The summed E-state index contributed by atoms with van der Waals surface area (Å²) in [6.07, 6.45) is 5.96. The fourth-order valence-corrected chi connectivity index (χ4v) is 3.51. The van der Waals surface area contributed by atoms with Crippen LogP contribution >= 0.6 is 0 Å². The molecule has 1 aromatic rings. The summed E-state index contributed by atoms with van der Waals surface area (Å²) in [5.74, 6) is 0. The maximum absolute atomic E-state index is 12.0. The quantitative estimate of drug-likeness (QED) is 0.834. The van der Waals surface area contributed by atoms with E-state index in [1.165, 1.54) is 0 Å². The second-order valence-electron chi connectivity index (χ2n) is 4.59. The molecule has 1 fully saturated rings. The molecule has 2 N–H and O–H groups in total. The normalized spacial score (nSPS) is 26.0. The van der Waals surface area contributed by atoms with Crippen molar-refractivity contribution in [2.75, 3.05) is 0 Å². The summed E-state index contributed by atoms with van der Waals surface area (Å²) >= 11 is 0. The molecular formula is C11H18N2O3S. The second-order valence-corrected chi connectivity index (χ2v) is 6.31. The number of sulfonamides is 1. The van der Waals surface area contributed by atoms with Gasteiger partial charge in [0, 0.05) is 25.5 Å². The van der Waals surface area contributed by atoms with Gasteiger partial charge in [-0.15, -0.1) is 0 Å². The monoisotopic (exact) mass is 258 g/mol. The number of hydrogen-bond donors (Lipinski definition) is 2. The van der Waals surface area contributed by atoms with Crippen molar-refractivity contribution < 1.29 is 13.5 Å².